The summed E-state index contributed by atoms with van der Waals surface area (Å²) in [6.07, 6.45) is 0. The summed E-state index contributed by atoms with van der Waals surface area (Å²) in [6.45, 7) is 2.97. The van der Waals surface area contributed by atoms with E-state index in [1.54, 1.807) is 0 Å². The number of para-hydroxylation sites is 1. The average Bonchev–Trinajstić information content (AvgIpc) is 2.64. The SMILES string of the molecule is CC(CBr)NCc1nn(C)c2ccccc12. The Kier molecular flexibility index (Phi) is 3.61. The van der Waals surface area contributed by atoms with Crippen LogP contribution in [0, 0.1) is 0 Å². The molecule has 0 amide bonds. The van der Waals surface area contributed by atoms with Crippen LogP contribution < -0.4 is 5.32 Å². The van der Waals surface area contributed by atoms with E-state index in [-0.39, 0.29) is 0 Å². The molecule has 0 saturated carbocycles. The van der Waals surface area contributed by atoms with Crippen LogP contribution in [0.2, 0.25) is 0 Å². The minimum Gasteiger partial charge on any atom is -0.308 e. The predicted molar refractivity (Wildman–Crippen MR) is 70.8 cm³/mol. The lowest BCUT2D eigenvalue weighted by Gasteiger charge is -2.08. The molecule has 2 rings (SSSR count). The lowest BCUT2D eigenvalue weighted by molar-refractivity contribution is 0.585. The van der Waals surface area contributed by atoms with Crippen molar-refractivity contribution in [3.05, 3.63) is 30.0 Å². The van der Waals surface area contributed by atoms with Gasteiger partial charge in [0.1, 0.15) is 0 Å². The van der Waals surface area contributed by atoms with Gasteiger partial charge in [0.15, 0.2) is 0 Å². The minimum absolute atomic E-state index is 0.459. The number of fused-ring (bicyclic) bond motifs is 1. The second-order valence-electron chi connectivity index (χ2n) is 4.02. The van der Waals surface area contributed by atoms with Gasteiger partial charge >= 0.3 is 0 Å². The summed E-state index contributed by atoms with van der Waals surface area (Å²) in [5, 5.41) is 10.2. The van der Waals surface area contributed by atoms with Crippen LogP contribution >= 0.6 is 15.9 Å². The molecule has 2 aromatic rings. The molecule has 1 unspecified atom stereocenters. The van der Waals surface area contributed by atoms with Crippen LogP contribution in [0.4, 0.5) is 0 Å². The summed E-state index contributed by atoms with van der Waals surface area (Å²) in [4.78, 5) is 0. The summed E-state index contributed by atoms with van der Waals surface area (Å²) in [6, 6.07) is 8.78. The van der Waals surface area contributed by atoms with Crippen LogP contribution in [0.15, 0.2) is 24.3 Å². The Morgan fingerprint density at radius 1 is 1.44 bits per heavy atom. The van der Waals surface area contributed by atoms with Gasteiger partial charge in [0.25, 0.3) is 0 Å². The lowest BCUT2D eigenvalue weighted by atomic mass is 10.2. The molecule has 86 valence electrons. The van der Waals surface area contributed by atoms with E-state index in [4.69, 9.17) is 0 Å². The van der Waals surface area contributed by atoms with E-state index in [1.165, 1.54) is 10.9 Å². The molecular formula is C12H16BrN3. The van der Waals surface area contributed by atoms with E-state index >= 15 is 0 Å². The molecule has 1 aromatic carbocycles. The quantitative estimate of drug-likeness (QED) is 0.873. The summed E-state index contributed by atoms with van der Waals surface area (Å²) in [5.41, 5.74) is 2.30. The summed E-state index contributed by atoms with van der Waals surface area (Å²) >= 11 is 3.46. The van der Waals surface area contributed by atoms with Gasteiger partial charge in [0.05, 0.1) is 11.2 Å². The van der Waals surface area contributed by atoms with Crippen LogP contribution in [-0.2, 0) is 13.6 Å². The molecule has 0 aliphatic carbocycles. The highest BCUT2D eigenvalue weighted by Crippen LogP contribution is 2.17. The minimum atomic E-state index is 0.459. The molecule has 3 nitrogen and oxygen atoms in total. The zero-order valence-corrected chi connectivity index (χ0v) is 11.2. The first kappa shape index (κ1) is 11.6. The van der Waals surface area contributed by atoms with E-state index in [1.807, 2.05) is 17.8 Å². The zero-order valence-electron chi connectivity index (χ0n) is 9.57. The van der Waals surface area contributed by atoms with Crippen molar-refractivity contribution in [3.8, 4) is 0 Å². The van der Waals surface area contributed by atoms with Gasteiger partial charge in [-0.25, -0.2) is 0 Å². The molecule has 0 radical (unpaired) electrons. The maximum atomic E-state index is 4.53. The van der Waals surface area contributed by atoms with E-state index in [2.05, 4.69) is 51.5 Å². The van der Waals surface area contributed by atoms with E-state index in [0.29, 0.717) is 6.04 Å². The van der Waals surface area contributed by atoms with E-state index < -0.39 is 0 Å². The molecular weight excluding hydrogens is 266 g/mol. The van der Waals surface area contributed by atoms with Gasteiger partial charge in [0.2, 0.25) is 0 Å². The van der Waals surface area contributed by atoms with E-state index in [0.717, 1.165) is 17.6 Å². The van der Waals surface area contributed by atoms with Crippen molar-refractivity contribution in [2.24, 2.45) is 7.05 Å². The lowest BCUT2D eigenvalue weighted by Crippen LogP contribution is -2.26. The number of nitrogens with zero attached hydrogens (tertiary/aromatic N) is 2. The van der Waals surface area contributed by atoms with Crippen molar-refractivity contribution in [3.63, 3.8) is 0 Å². The topological polar surface area (TPSA) is 29.9 Å². The van der Waals surface area contributed by atoms with Gasteiger partial charge in [-0.05, 0) is 13.0 Å². The van der Waals surface area contributed by atoms with Crippen LogP contribution in [-0.4, -0.2) is 21.2 Å². The fraction of sp³-hybridized carbons (Fsp3) is 0.417. The standard InChI is InChI=1S/C12H16BrN3/c1-9(7-13)14-8-11-10-5-3-4-6-12(10)16(2)15-11/h3-6,9,14H,7-8H2,1-2H3. The van der Waals surface area contributed by atoms with Crippen molar-refractivity contribution in [1.29, 1.82) is 0 Å². The Morgan fingerprint density at radius 3 is 2.94 bits per heavy atom. The highest BCUT2D eigenvalue weighted by Gasteiger charge is 2.08. The molecule has 0 spiro atoms. The molecule has 0 aliphatic heterocycles. The van der Waals surface area contributed by atoms with Crippen LogP contribution in [0.1, 0.15) is 12.6 Å². The highest BCUT2D eigenvalue weighted by molar-refractivity contribution is 9.09. The maximum Gasteiger partial charge on any atom is 0.0841 e. The van der Waals surface area contributed by atoms with Gasteiger partial charge in [-0.1, -0.05) is 34.1 Å². The number of rotatable bonds is 4. The van der Waals surface area contributed by atoms with Crippen molar-refractivity contribution in [2.75, 3.05) is 5.33 Å². The Hall–Kier alpha value is -0.870. The smallest absolute Gasteiger partial charge is 0.0841 e. The first-order valence-corrected chi connectivity index (χ1v) is 6.54. The number of alkyl halides is 1. The summed E-state index contributed by atoms with van der Waals surface area (Å²) < 4.78 is 1.94. The number of halogens is 1. The van der Waals surface area contributed by atoms with Gasteiger partial charge in [-0.3, -0.25) is 4.68 Å². The first-order valence-electron chi connectivity index (χ1n) is 5.42. The molecule has 1 aromatic heterocycles. The number of hydrogen-bond donors (Lipinski definition) is 1. The molecule has 0 bridgehead atoms. The Morgan fingerprint density at radius 2 is 2.19 bits per heavy atom. The molecule has 16 heavy (non-hydrogen) atoms. The van der Waals surface area contributed by atoms with E-state index in [9.17, 15) is 0 Å². The molecule has 0 fully saturated rings. The third kappa shape index (κ3) is 2.28. The second-order valence-corrected chi connectivity index (χ2v) is 4.67. The Bertz CT molecular complexity index is 478. The molecule has 4 heteroatoms. The molecule has 1 atom stereocenters. The number of nitrogens with one attached hydrogen (secondary N) is 1. The second kappa shape index (κ2) is 4.97. The van der Waals surface area contributed by atoms with Crippen molar-refractivity contribution >= 4 is 26.8 Å². The van der Waals surface area contributed by atoms with Gasteiger partial charge in [0, 0.05) is 30.4 Å². The third-order valence-corrected chi connectivity index (χ3v) is 3.65. The summed E-state index contributed by atoms with van der Waals surface area (Å²) in [7, 11) is 1.99. The predicted octanol–water partition coefficient (Wildman–Crippen LogP) is 2.45. The number of benzene rings is 1. The maximum absolute atomic E-state index is 4.53. The Labute approximate surface area is 104 Å². The van der Waals surface area contributed by atoms with Gasteiger partial charge < -0.3 is 5.32 Å². The molecule has 1 heterocycles. The monoisotopic (exact) mass is 281 g/mol. The largest absolute Gasteiger partial charge is 0.308 e. The normalized spacial score (nSPS) is 13.2. The molecule has 0 aliphatic rings. The van der Waals surface area contributed by atoms with Crippen molar-refractivity contribution < 1.29 is 0 Å². The third-order valence-electron chi connectivity index (χ3n) is 2.68. The first-order chi connectivity index (χ1) is 7.72. The number of aryl methyl sites for hydroxylation is 1. The Balaban J connectivity index is 2.24. The van der Waals surface area contributed by atoms with Crippen LogP contribution in [0.5, 0.6) is 0 Å². The number of aromatic nitrogens is 2. The zero-order chi connectivity index (χ0) is 11.5. The average molecular weight is 282 g/mol. The van der Waals surface area contributed by atoms with Gasteiger partial charge in [-0.15, -0.1) is 0 Å². The van der Waals surface area contributed by atoms with Crippen molar-refractivity contribution in [2.45, 2.75) is 19.5 Å². The van der Waals surface area contributed by atoms with Crippen LogP contribution in [0.25, 0.3) is 10.9 Å². The van der Waals surface area contributed by atoms with Crippen LogP contribution in [0.3, 0.4) is 0 Å². The fourth-order valence-corrected chi connectivity index (χ4v) is 1.97. The molecule has 1 N–H and O–H groups in total. The van der Waals surface area contributed by atoms with Crippen molar-refractivity contribution in [1.82, 2.24) is 15.1 Å². The molecule has 0 saturated heterocycles. The fourth-order valence-electron chi connectivity index (χ4n) is 1.74. The van der Waals surface area contributed by atoms with Gasteiger partial charge in [-0.2, -0.15) is 5.10 Å². The number of hydrogen-bond acceptors (Lipinski definition) is 2. The highest BCUT2D eigenvalue weighted by atomic mass is 79.9. The summed E-state index contributed by atoms with van der Waals surface area (Å²) in [5.74, 6) is 0.